The number of anilines is 1. The number of fused-ring (bicyclic) bond motifs is 2. The monoisotopic (exact) mass is 347 g/mol. The standard InChI is InChI=1S/C18H17N7O/c26-17(15-5-4-14-3-1-2-8-24(14)15)23-11-9-22(10-12-23)16-6-7-19-18-21-20-13-25(16)18/h1-8,13H,9-12H2. The van der Waals surface area contributed by atoms with Crippen LogP contribution in [-0.4, -0.2) is 61.0 Å². The van der Waals surface area contributed by atoms with Crippen LogP contribution < -0.4 is 4.90 Å². The second-order valence-corrected chi connectivity index (χ2v) is 6.30. The predicted molar refractivity (Wildman–Crippen MR) is 96.3 cm³/mol. The van der Waals surface area contributed by atoms with Gasteiger partial charge in [0.25, 0.3) is 11.7 Å². The Morgan fingerprint density at radius 3 is 2.73 bits per heavy atom. The molecule has 0 aliphatic carbocycles. The van der Waals surface area contributed by atoms with E-state index in [1.807, 2.05) is 56.3 Å². The number of aromatic nitrogens is 5. The van der Waals surface area contributed by atoms with E-state index in [0.29, 0.717) is 24.6 Å². The topological polar surface area (TPSA) is 71.0 Å². The summed E-state index contributed by atoms with van der Waals surface area (Å²) in [5, 5.41) is 7.91. The number of carbonyl (C=O) groups is 1. The normalized spacial score (nSPS) is 15.1. The Kier molecular flexibility index (Phi) is 3.34. The lowest BCUT2D eigenvalue weighted by molar-refractivity contribution is 0.0739. The van der Waals surface area contributed by atoms with Crippen molar-refractivity contribution in [3.8, 4) is 0 Å². The van der Waals surface area contributed by atoms with Crippen LogP contribution in [0.5, 0.6) is 0 Å². The lowest BCUT2D eigenvalue weighted by Crippen LogP contribution is -2.49. The minimum absolute atomic E-state index is 0.0695. The lowest BCUT2D eigenvalue weighted by atomic mass is 10.2. The van der Waals surface area contributed by atoms with Gasteiger partial charge >= 0.3 is 0 Å². The van der Waals surface area contributed by atoms with Gasteiger partial charge in [0.2, 0.25) is 0 Å². The molecular weight excluding hydrogens is 330 g/mol. The first-order valence-electron chi connectivity index (χ1n) is 8.56. The average Bonchev–Trinajstić information content (AvgIpc) is 3.34. The van der Waals surface area contributed by atoms with Crippen molar-refractivity contribution >= 4 is 23.0 Å². The molecule has 4 aromatic heterocycles. The molecule has 8 heteroatoms. The zero-order chi connectivity index (χ0) is 17.5. The van der Waals surface area contributed by atoms with Crippen LogP contribution in [0.15, 0.2) is 55.1 Å². The predicted octanol–water partition coefficient (Wildman–Crippen LogP) is 1.34. The molecule has 0 atom stereocenters. The molecule has 0 unspecified atom stereocenters. The first kappa shape index (κ1) is 14.9. The third kappa shape index (κ3) is 2.30. The number of pyridine rings is 1. The Bertz CT molecular complexity index is 1090. The summed E-state index contributed by atoms with van der Waals surface area (Å²) in [6.45, 7) is 2.86. The molecule has 5 heterocycles. The summed E-state index contributed by atoms with van der Waals surface area (Å²) >= 11 is 0. The van der Waals surface area contributed by atoms with Crippen LogP contribution in [0.1, 0.15) is 10.5 Å². The maximum Gasteiger partial charge on any atom is 0.270 e. The Labute approximate surface area is 149 Å². The van der Waals surface area contributed by atoms with E-state index in [0.717, 1.165) is 24.4 Å². The molecule has 4 aromatic rings. The molecule has 5 rings (SSSR count). The van der Waals surface area contributed by atoms with E-state index >= 15 is 0 Å². The number of piperazine rings is 1. The molecule has 26 heavy (non-hydrogen) atoms. The highest BCUT2D eigenvalue weighted by molar-refractivity contribution is 5.94. The van der Waals surface area contributed by atoms with Crippen LogP contribution in [-0.2, 0) is 0 Å². The van der Waals surface area contributed by atoms with Gasteiger partial charge in [-0.15, -0.1) is 10.2 Å². The summed E-state index contributed by atoms with van der Waals surface area (Å²) < 4.78 is 3.82. The minimum Gasteiger partial charge on any atom is -0.354 e. The van der Waals surface area contributed by atoms with Crippen molar-refractivity contribution in [1.82, 2.24) is 28.9 Å². The van der Waals surface area contributed by atoms with Crippen molar-refractivity contribution < 1.29 is 4.79 Å². The summed E-state index contributed by atoms with van der Waals surface area (Å²) in [6, 6.07) is 11.7. The van der Waals surface area contributed by atoms with E-state index in [9.17, 15) is 4.79 Å². The third-order valence-electron chi connectivity index (χ3n) is 4.86. The second kappa shape index (κ2) is 5.83. The van der Waals surface area contributed by atoms with Gasteiger partial charge in [0.1, 0.15) is 17.8 Å². The van der Waals surface area contributed by atoms with Crippen LogP contribution in [0.3, 0.4) is 0 Å². The third-order valence-corrected chi connectivity index (χ3v) is 4.86. The molecule has 0 aromatic carbocycles. The summed E-state index contributed by atoms with van der Waals surface area (Å²) in [5.74, 6) is 1.65. The van der Waals surface area contributed by atoms with Crippen LogP contribution in [0.25, 0.3) is 11.3 Å². The quantitative estimate of drug-likeness (QED) is 0.547. The van der Waals surface area contributed by atoms with Gasteiger partial charge in [-0.2, -0.15) is 0 Å². The van der Waals surface area contributed by atoms with Crippen molar-refractivity contribution in [2.75, 3.05) is 31.1 Å². The number of hydrogen-bond acceptors (Lipinski definition) is 5. The molecule has 0 bridgehead atoms. The Morgan fingerprint density at radius 2 is 1.85 bits per heavy atom. The largest absolute Gasteiger partial charge is 0.354 e. The fourth-order valence-corrected chi connectivity index (χ4v) is 3.52. The van der Waals surface area contributed by atoms with E-state index in [2.05, 4.69) is 20.1 Å². The molecule has 1 saturated heterocycles. The van der Waals surface area contributed by atoms with E-state index in [1.165, 1.54) is 0 Å². The number of hydrogen-bond donors (Lipinski definition) is 0. The Morgan fingerprint density at radius 1 is 0.962 bits per heavy atom. The van der Waals surface area contributed by atoms with Crippen molar-refractivity contribution in [1.29, 1.82) is 0 Å². The second-order valence-electron chi connectivity index (χ2n) is 6.30. The Hall–Kier alpha value is -3.42. The Balaban J connectivity index is 1.35. The van der Waals surface area contributed by atoms with E-state index < -0.39 is 0 Å². The van der Waals surface area contributed by atoms with Gasteiger partial charge in [-0.1, -0.05) is 6.07 Å². The molecule has 1 aliphatic heterocycles. The molecule has 1 amide bonds. The molecule has 0 N–H and O–H groups in total. The van der Waals surface area contributed by atoms with Gasteiger partial charge in [-0.05, 0) is 30.3 Å². The van der Waals surface area contributed by atoms with E-state index in [-0.39, 0.29) is 5.91 Å². The van der Waals surface area contributed by atoms with Crippen LogP contribution in [0, 0.1) is 0 Å². The number of carbonyl (C=O) groups excluding carboxylic acids is 1. The van der Waals surface area contributed by atoms with Gasteiger partial charge in [-0.3, -0.25) is 9.20 Å². The first-order chi connectivity index (χ1) is 12.8. The molecule has 1 aliphatic rings. The highest BCUT2D eigenvalue weighted by atomic mass is 16.2. The summed E-state index contributed by atoms with van der Waals surface area (Å²) in [6.07, 6.45) is 5.34. The van der Waals surface area contributed by atoms with Crippen LogP contribution >= 0.6 is 0 Å². The number of amides is 1. The molecule has 0 saturated carbocycles. The SMILES string of the molecule is O=C(c1ccc2ccccn12)N1CCN(c2ccnc3nncn23)CC1. The highest BCUT2D eigenvalue weighted by Crippen LogP contribution is 2.18. The molecular formula is C18H17N7O. The lowest BCUT2D eigenvalue weighted by Gasteiger charge is -2.36. The zero-order valence-corrected chi connectivity index (χ0v) is 14.1. The molecule has 0 radical (unpaired) electrons. The average molecular weight is 347 g/mol. The molecule has 0 spiro atoms. The maximum atomic E-state index is 12.9. The number of nitrogens with zero attached hydrogens (tertiary/aromatic N) is 7. The highest BCUT2D eigenvalue weighted by Gasteiger charge is 2.25. The van der Waals surface area contributed by atoms with Gasteiger partial charge in [0, 0.05) is 44.1 Å². The van der Waals surface area contributed by atoms with Gasteiger partial charge in [0.05, 0.1) is 0 Å². The number of rotatable bonds is 2. The maximum absolute atomic E-state index is 12.9. The van der Waals surface area contributed by atoms with Crippen LogP contribution in [0.2, 0.25) is 0 Å². The van der Waals surface area contributed by atoms with E-state index in [4.69, 9.17) is 0 Å². The van der Waals surface area contributed by atoms with Crippen molar-refractivity contribution in [3.05, 3.63) is 60.8 Å². The van der Waals surface area contributed by atoms with Crippen molar-refractivity contribution in [2.24, 2.45) is 0 Å². The van der Waals surface area contributed by atoms with Crippen LogP contribution in [0.4, 0.5) is 5.82 Å². The smallest absolute Gasteiger partial charge is 0.270 e. The van der Waals surface area contributed by atoms with Gasteiger partial charge in [0.15, 0.2) is 0 Å². The molecule has 130 valence electrons. The van der Waals surface area contributed by atoms with E-state index in [1.54, 1.807) is 12.5 Å². The van der Waals surface area contributed by atoms with Crippen molar-refractivity contribution in [3.63, 3.8) is 0 Å². The zero-order valence-electron chi connectivity index (χ0n) is 14.1. The fraction of sp³-hybridized carbons (Fsp3) is 0.222. The molecule has 8 nitrogen and oxygen atoms in total. The minimum atomic E-state index is 0.0695. The summed E-state index contributed by atoms with van der Waals surface area (Å²) in [7, 11) is 0. The molecule has 1 fully saturated rings. The first-order valence-corrected chi connectivity index (χ1v) is 8.56. The summed E-state index contributed by atoms with van der Waals surface area (Å²) in [5.41, 5.74) is 1.74. The summed E-state index contributed by atoms with van der Waals surface area (Å²) in [4.78, 5) is 21.3. The van der Waals surface area contributed by atoms with Crippen molar-refractivity contribution in [2.45, 2.75) is 0 Å². The fourth-order valence-electron chi connectivity index (χ4n) is 3.52. The van der Waals surface area contributed by atoms with Gasteiger partial charge < -0.3 is 14.2 Å². The van der Waals surface area contributed by atoms with Gasteiger partial charge in [-0.25, -0.2) is 4.98 Å².